The van der Waals surface area contributed by atoms with Gasteiger partial charge in [0.2, 0.25) is 5.91 Å². The van der Waals surface area contributed by atoms with Gasteiger partial charge in [0, 0.05) is 6.07 Å². The molecule has 8 heteroatoms. The average Bonchev–Trinajstić information content (AvgIpc) is 3.23. The molecule has 0 aliphatic rings. The average molecular weight is 463 g/mol. The number of fused-ring (bicyclic) bond motifs is 1. The van der Waals surface area contributed by atoms with E-state index in [-0.39, 0.29) is 11.5 Å². The van der Waals surface area contributed by atoms with Gasteiger partial charge in [-0.25, -0.2) is 4.98 Å². The Morgan fingerprint density at radius 1 is 1.15 bits per heavy atom. The maximum atomic E-state index is 13.5. The summed E-state index contributed by atoms with van der Waals surface area (Å²) < 4.78 is 6.59. The van der Waals surface area contributed by atoms with Crippen molar-refractivity contribution in [3.05, 3.63) is 76.3 Å². The molecule has 7 nitrogen and oxygen atoms in total. The predicted molar refractivity (Wildman–Crippen MR) is 131 cm³/mol. The van der Waals surface area contributed by atoms with E-state index in [4.69, 9.17) is 9.51 Å². The monoisotopic (exact) mass is 462 g/mol. The van der Waals surface area contributed by atoms with Crippen molar-refractivity contribution in [2.24, 2.45) is 0 Å². The number of carbonyl (C=O) groups is 1. The number of benzene rings is 2. The molecule has 1 amide bonds. The molecule has 0 radical (unpaired) electrons. The normalized spacial score (nSPS) is 13.1. The molecule has 0 saturated carbocycles. The van der Waals surface area contributed by atoms with Crippen molar-refractivity contribution in [3.8, 4) is 5.69 Å². The number of aromatic nitrogens is 3. The van der Waals surface area contributed by atoms with Crippen LogP contribution in [0.15, 0.2) is 69.1 Å². The summed E-state index contributed by atoms with van der Waals surface area (Å²) in [4.78, 5) is 30.9. The zero-order valence-electron chi connectivity index (χ0n) is 19.0. The standard InChI is InChI=1S/C25H26N4O3S/c1-5-15(2)18-10-12-19(13-11-18)29-24(31)20-8-6-7-9-21(20)26-25(29)33-17(4)23(30)27-22-14-16(3)32-28-22/h6-15,17H,5H2,1-4H3,(H,27,28,30). The Labute approximate surface area is 196 Å². The number of hydrogen-bond donors (Lipinski definition) is 1. The van der Waals surface area contributed by atoms with Gasteiger partial charge in [0.05, 0.1) is 21.8 Å². The molecule has 2 heterocycles. The molecule has 2 atom stereocenters. The van der Waals surface area contributed by atoms with Gasteiger partial charge in [-0.15, -0.1) is 0 Å². The minimum Gasteiger partial charge on any atom is -0.360 e. The van der Waals surface area contributed by atoms with Gasteiger partial charge in [-0.05, 0) is 56.0 Å². The lowest BCUT2D eigenvalue weighted by molar-refractivity contribution is -0.115. The Bertz CT molecular complexity index is 1340. The van der Waals surface area contributed by atoms with Crippen molar-refractivity contribution in [2.45, 2.75) is 50.4 Å². The summed E-state index contributed by atoms with van der Waals surface area (Å²) in [6, 6.07) is 16.9. The second-order valence-corrected chi connectivity index (χ2v) is 9.33. The molecule has 2 aromatic heterocycles. The molecular formula is C25H26N4O3S. The van der Waals surface area contributed by atoms with E-state index in [1.54, 1.807) is 36.6 Å². The lowest BCUT2D eigenvalue weighted by Crippen LogP contribution is -2.26. The van der Waals surface area contributed by atoms with Crippen LogP contribution in [0.5, 0.6) is 0 Å². The zero-order chi connectivity index (χ0) is 23.5. The highest BCUT2D eigenvalue weighted by Gasteiger charge is 2.21. The number of nitrogens with one attached hydrogen (secondary N) is 1. The van der Waals surface area contributed by atoms with Gasteiger partial charge >= 0.3 is 0 Å². The molecule has 4 aromatic rings. The van der Waals surface area contributed by atoms with Crippen LogP contribution in [0, 0.1) is 6.92 Å². The van der Waals surface area contributed by atoms with Crippen molar-refractivity contribution in [3.63, 3.8) is 0 Å². The SMILES string of the molecule is CCC(C)c1ccc(-n2c(SC(C)C(=O)Nc3cc(C)on3)nc3ccccc3c2=O)cc1. The van der Waals surface area contributed by atoms with Crippen LogP contribution in [0.25, 0.3) is 16.6 Å². The molecule has 0 saturated heterocycles. The second kappa shape index (κ2) is 9.62. The van der Waals surface area contributed by atoms with Gasteiger partial charge < -0.3 is 9.84 Å². The highest BCUT2D eigenvalue weighted by molar-refractivity contribution is 8.00. The first-order chi connectivity index (χ1) is 15.9. The molecule has 0 aliphatic carbocycles. The van der Waals surface area contributed by atoms with Gasteiger partial charge in [0.25, 0.3) is 5.56 Å². The second-order valence-electron chi connectivity index (χ2n) is 8.03. The highest BCUT2D eigenvalue weighted by Crippen LogP contribution is 2.27. The molecule has 2 aromatic carbocycles. The van der Waals surface area contributed by atoms with Crippen molar-refractivity contribution in [1.82, 2.24) is 14.7 Å². The third-order valence-corrected chi connectivity index (χ3v) is 6.66. The number of anilines is 1. The van der Waals surface area contributed by atoms with Gasteiger partial charge in [-0.3, -0.25) is 14.2 Å². The maximum absolute atomic E-state index is 13.5. The fourth-order valence-electron chi connectivity index (χ4n) is 3.47. The molecule has 0 fully saturated rings. The number of nitrogens with zero attached hydrogens (tertiary/aromatic N) is 3. The summed E-state index contributed by atoms with van der Waals surface area (Å²) in [5, 5.41) is 7.00. The van der Waals surface area contributed by atoms with E-state index in [1.807, 2.05) is 36.4 Å². The quantitative estimate of drug-likeness (QED) is 0.295. The Kier molecular flexibility index (Phi) is 6.65. The van der Waals surface area contributed by atoms with Crippen LogP contribution in [-0.4, -0.2) is 25.9 Å². The third-order valence-electron chi connectivity index (χ3n) is 5.61. The van der Waals surface area contributed by atoms with Crippen LogP contribution in [-0.2, 0) is 4.79 Å². The summed E-state index contributed by atoms with van der Waals surface area (Å²) in [5.74, 6) is 1.14. The Morgan fingerprint density at radius 2 is 1.88 bits per heavy atom. The van der Waals surface area contributed by atoms with E-state index in [9.17, 15) is 9.59 Å². The summed E-state index contributed by atoms with van der Waals surface area (Å²) >= 11 is 1.22. The summed E-state index contributed by atoms with van der Waals surface area (Å²) in [5.41, 5.74) is 2.36. The predicted octanol–water partition coefficient (Wildman–Crippen LogP) is 5.31. The number of rotatable bonds is 7. The van der Waals surface area contributed by atoms with Crippen LogP contribution in [0.2, 0.25) is 0 Å². The molecular weight excluding hydrogens is 436 g/mol. The fraction of sp³-hybridized carbons (Fsp3) is 0.280. The highest BCUT2D eigenvalue weighted by atomic mass is 32.2. The van der Waals surface area contributed by atoms with E-state index in [0.717, 1.165) is 6.42 Å². The van der Waals surface area contributed by atoms with Crippen LogP contribution in [0.1, 0.15) is 44.4 Å². The molecule has 2 unspecified atom stereocenters. The van der Waals surface area contributed by atoms with Crippen molar-refractivity contribution < 1.29 is 9.32 Å². The van der Waals surface area contributed by atoms with Gasteiger partial charge in [-0.1, -0.05) is 55.0 Å². The number of carbonyl (C=O) groups excluding carboxylic acids is 1. The summed E-state index contributed by atoms with van der Waals surface area (Å²) in [7, 11) is 0. The van der Waals surface area contributed by atoms with E-state index in [0.29, 0.717) is 39.2 Å². The first-order valence-electron chi connectivity index (χ1n) is 10.9. The van der Waals surface area contributed by atoms with Gasteiger partial charge in [0.1, 0.15) is 5.76 Å². The maximum Gasteiger partial charge on any atom is 0.266 e. The molecule has 4 rings (SSSR count). The number of amides is 1. The molecule has 33 heavy (non-hydrogen) atoms. The van der Waals surface area contributed by atoms with Crippen LogP contribution in [0.3, 0.4) is 0 Å². The Morgan fingerprint density at radius 3 is 2.55 bits per heavy atom. The molecule has 1 N–H and O–H groups in total. The largest absolute Gasteiger partial charge is 0.360 e. The van der Waals surface area contributed by atoms with Crippen LogP contribution < -0.4 is 10.9 Å². The number of hydrogen-bond acceptors (Lipinski definition) is 6. The Balaban J connectivity index is 1.72. The summed E-state index contributed by atoms with van der Waals surface area (Å²) in [6.07, 6.45) is 1.04. The van der Waals surface area contributed by atoms with Crippen LogP contribution >= 0.6 is 11.8 Å². The van der Waals surface area contributed by atoms with E-state index >= 15 is 0 Å². The molecule has 170 valence electrons. The van der Waals surface area contributed by atoms with Crippen molar-refractivity contribution in [2.75, 3.05) is 5.32 Å². The fourth-order valence-corrected chi connectivity index (χ4v) is 4.40. The molecule has 0 spiro atoms. The molecule has 0 aliphatic heterocycles. The number of para-hydroxylation sites is 1. The minimum atomic E-state index is -0.527. The number of thioether (sulfide) groups is 1. The minimum absolute atomic E-state index is 0.167. The van der Waals surface area contributed by atoms with E-state index in [2.05, 4.69) is 24.3 Å². The zero-order valence-corrected chi connectivity index (χ0v) is 19.8. The topological polar surface area (TPSA) is 90.0 Å². The van der Waals surface area contributed by atoms with E-state index < -0.39 is 5.25 Å². The first-order valence-corrected chi connectivity index (χ1v) is 11.8. The lowest BCUT2D eigenvalue weighted by atomic mass is 9.98. The first kappa shape index (κ1) is 22.8. The molecule has 0 bridgehead atoms. The van der Waals surface area contributed by atoms with Gasteiger partial charge in [-0.2, -0.15) is 0 Å². The van der Waals surface area contributed by atoms with Crippen LogP contribution in [0.4, 0.5) is 5.82 Å². The lowest BCUT2D eigenvalue weighted by Gasteiger charge is -2.17. The number of aryl methyl sites for hydroxylation is 1. The third kappa shape index (κ3) is 4.85. The van der Waals surface area contributed by atoms with Crippen molar-refractivity contribution >= 4 is 34.4 Å². The Hall–Kier alpha value is -3.39. The van der Waals surface area contributed by atoms with Gasteiger partial charge in [0.15, 0.2) is 11.0 Å². The van der Waals surface area contributed by atoms with E-state index in [1.165, 1.54) is 17.3 Å². The smallest absolute Gasteiger partial charge is 0.266 e. The van der Waals surface area contributed by atoms with Crippen molar-refractivity contribution in [1.29, 1.82) is 0 Å². The summed E-state index contributed by atoms with van der Waals surface area (Å²) in [6.45, 7) is 7.85.